The van der Waals surface area contributed by atoms with E-state index in [0.717, 1.165) is 17.0 Å². The number of nitro groups is 1. The van der Waals surface area contributed by atoms with Gasteiger partial charge < -0.3 is 14.8 Å². The highest BCUT2D eigenvalue weighted by Gasteiger charge is 2.14. The summed E-state index contributed by atoms with van der Waals surface area (Å²) in [4.78, 5) is 27.0. The van der Waals surface area contributed by atoms with Gasteiger partial charge in [0.05, 0.1) is 24.3 Å². The van der Waals surface area contributed by atoms with Gasteiger partial charge in [0.15, 0.2) is 10.9 Å². The Kier molecular flexibility index (Phi) is 6.75. The van der Waals surface area contributed by atoms with Crippen LogP contribution in [0, 0.1) is 10.1 Å². The molecule has 8 nitrogen and oxygen atoms in total. The van der Waals surface area contributed by atoms with Crippen molar-refractivity contribution in [3.63, 3.8) is 0 Å². The first-order valence-electron chi connectivity index (χ1n) is 8.83. The van der Waals surface area contributed by atoms with Crippen molar-refractivity contribution in [2.45, 2.75) is 12.8 Å². The summed E-state index contributed by atoms with van der Waals surface area (Å²) in [6, 6.07) is 13.7. The number of ether oxygens (including phenoxy) is 2. The normalized spacial score (nSPS) is 10.4. The van der Waals surface area contributed by atoms with Crippen LogP contribution in [0.15, 0.2) is 53.9 Å². The number of amides is 1. The number of anilines is 1. The van der Waals surface area contributed by atoms with E-state index in [1.807, 2.05) is 29.6 Å². The molecule has 29 heavy (non-hydrogen) atoms. The zero-order valence-corrected chi connectivity index (χ0v) is 16.5. The van der Waals surface area contributed by atoms with Gasteiger partial charge in [-0.05, 0) is 36.8 Å². The minimum absolute atomic E-state index is 0.0919. The van der Waals surface area contributed by atoms with Crippen LogP contribution in [0.5, 0.6) is 11.5 Å². The van der Waals surface area contributed by atoms with Crippen molar-refractivity contribution < 1.29 is 19.2 Å². The van der Waals surface area contributed by atoms with Crippen molar-refractivity contribution in [1.82, 2.24) is 4.98 Å². The van der Waals surface area contributed by atoms with E-state index in [-0.39, 0.29) is 30.4 Å². The van der Waals surface area contributed by atoms with Crippen LogP contribution in [0.1, 0.15) is 12.8 Å². The fourth-order valence-corrected chi connectivity index (χ4v) is 3.29. The van der Waals surface area contributed by atoms with Crippen molar-refractivity contribution in [2.75, 3.05) is 19.0 Å². The van der Waals surface area contributed by atoms with E-state index in [2.05, 4.69) is 10.3 Å². The van der Waals surface area contributed by atoms with Crippen molar-refractivity contribution in [1.29, 1.82) is 0 Å². The maximum Gasteiger partial charge on any atom is 0.310 e. The molecule has 3 aromatic rings. The lowest BCUT2D eigenvalue weighted by molar-refractivity contribution is -0.385. The van der Waals surface area contributed by atoms with Crippen LogP contribution in [-0.2, 0) is 4.79 Å². The zero-order chi connectivity index (χ0) is 20.6. The third-order valence-corrected chi connectivity index (χ3v) is 4.76. The number of carbonyl (C=O) groups is 1. The van der Waals surface area contributed by atoms with E-state index in [9.17, 15) is 14.9 Å². The van der Waals surface area contributed by atoms with E-state index < -0.39 is 4.92 Å². The number of aromatic nitrogens is 1. The number of nitro benzene ring substituents is 1. The maximum absolute atomic E-state index is 12.1. The highest BCUT2D eigenvalue weighted by Crippen LogP contribution is 2.27. The van der Waals surface area contributed by atoms with Crippen LogP contribution in [0.25, 0.3) is 11.3 Å². The fraction of sp³-hybridized carbons (Fsp3) is 0.200. The molecule has 0 saturated carbocycles. The number of benzene rings is 2. The van der Waals surface area contributed by atoms with Gasteiger partial charge in [0.2, 0.25) is 5.91 Å². The van der Waals surface area contributed by atoms with E-state index in [0.29, 0.717) is 11.6 Å². The minimum atomic E-state index is -0.495. The largest absolute Gasteiger partial charge is 0.497 e. The molecule has 0 spiro atoms. The topological polar surface area (TPSA) is 104 Å². The number of thiazole rings is 1. The van der Waals surface area contributed by atoms with Crippen LogP contribution in [0.4, 0.5) is 10.8 Å². The second-order valence-electron chi connectivity index (χ2n) is 5.99. The van der Waals surface area contributed by atoms with Crippen LogP contribution in [0.3, 0.4) is 0 Å². The highest BCUT2D eigenvalue weighted by atomic mass is 32.1. The smallest absolute Gasteiger partial charge is 0.310 e. The molecular formula is C20H19N3O5S. The molecule has 1 heterocycles. The molecule has 0 atom stereocenters. The molecule has 1 N–H and O–H groups in total. The summed E-state index contributed by atoms with van der Waals surface area (Å²) in [5.41, 5.74) is 1.61. The standard InChI is InChI=1S/C20H19N3O5S/c1-27-15-10-8-14(9-11-15)16-13-29-20(21-16)22-19(24)7-4-12-28-18-6-3-2-5-17(18)23(25)26/h2-3,5-6,8-11,13H,4,7,12H2,1H3,(H,21,22,24). The number of hydrogen-bond acceptors (Lipinski definition) is 7. The quantitative estimate of drug-likeness (QED) is 0.314. The Bertz CT molecular complexity index is 988. The summed E-state index contributed by atoms with van der Waals surface area (Å²) in [6.07, 6.45) is 0.646. The fourth-order valence-electron chi connectivity index (χ4n) is 2.55. The number of carbonyl (C=O) groups excluding carboxylic acids is 1. The first-order valence-corrected chi connectivity index (χ1v) is 9.71. The molecule has 9 heteroatoms. The average molecular weight is 413 g/mol. The Morgan fingerprint density at radius 2 is 1.97 bits per heavy atom. The van der Waals surface area contributed by atoms with Gasteiger partial charge in [0.1, 0.15) is 5.75 Å². The molecule has 1 aromatic heterocycles. The van der Waals surface area contributed by atoms with Crippen LogP contribution in [0.2, 0.25) is 0 Å². The summed E-state index contributed by atoms with van der Waals surface area (Å²) in [5.74, 6) is 0.773. The second-order valence-corrected chi connectivity index (χ2v) is 6.85. The Labute approximate surface area is 171 Å². The van der Waals surface area contributed by atoms with Gasteiger partial charge in [-0.15, -0.1) is 11.3 Å². The molecule has 1 amide bonds. The molecule has 3 rings (SSSR count). The Balaban J connectivity index is 1.46. The van der Waals surface area contributed by atoms with Crippen LogP contribution in [-0.4, -0.2) is 29.5 Å². The lowest BCUT2D eigenvalue weighted by Gasteiger charge is -2.06. The molecule has 0 bridgehead atoms. The predicted molar refractivity (Wildman–Crippen MR) is 111 cm³/mol. The summed E-state index contributed by atoms with van der Waals surface area (Å²) in [6.45, 7) is 0.202. The maximum atomic E-state index is 12.1. The number of nitrogens with one attached hydrogen (secondary N) is 1. The molecule has 0 fully saturated rings. The summed E-state index contributed by atoms with van der Waals surface area (Å²) >= 11 is 1.34. The summed E-state index contributed by atoms with van der Waals surface area (Å²) < 4.78 is 10.6. The van der Waals surface area contributed by atoms with E-state index in [1.54, 1.807) is 19.2 Å². The molecule has 0 unspecified atom stereocenters. The zero-order valence-electron chi connectivity index (χ0n) is 15.7. The van der Waals surface area contributed by atoms with Crippen molar-refractivity contribution in [3.8, 4) is 22.8 Å². The van der Waals surface area contributed by atoms with E-state index in [4.69, 9.17) is 9.47 Å². The molecule has 0 aliphatic rings. The van der Waals surface area contributed by atoms with Gasteiger partial charge in [0.25, 0.3) is 0 Å². The third kappa shape index (κ3) is 5.52. The monoisotopic (exact) mass is 413 g/mol. The summed E-state index contributed by atoms with van der Waals surface area (Å²) in [7, 11) is 1.61. The van der Waals surface area contributed by atoms with Crippen LogP contribution >= 0.6 is 11.3 Å². The van der Waals surface area contributed by atoms with Crippen molar-refractivity contribution in [2.24, 2.45) is 0 Å². The Hall–Kier alpha value is -3.46. The lowest BCUT2D eigenvalue weighted by Crippen LogP contribution is -2.12. The summed E-state index contributed by atoms with van der Waals surface area (Å²) in [5, 5.41) is 16.1. The minimum Gasteiger partial charge on any atom is -0.497 e. The Morgan fingerprint density at radius 3 is 2.69 bits per heavy atom. The van der Waals surface area contributed by atoms with Gasteiger partial charge in [-0.2, -0.15) is 0 Å². The van der Waals surface area contributed by atoms with Gasteiger partial charge in [-0.1, -0.05) is 12.1 Å². The highest BCUT2D eigenvalue weighted by molar-refractivity contribution is 7.14. The van der Waals surface area contributed by atoms with E-state index in [1.165, 1.54) is 23.5 Å². The molecule has 0 saturated heterocycles. The predicted octanol–water partition coefficient (Wildman–Crippen LogP) is 4.52. The number of hydrogen-bond donors (Lipinski definition) is 1. The van der Waals surface area contributed by atoms with Gasteiger partial charge in [-0.3, -0.25) is 14.9 Å². The van der Waals surface area contributed by atoms with Crippen molar-refractivity contribution in [3.05, 3.63) is 64.0 Å². The molecule has 0 radical (unpaired) electrons. The van der Waals surface area contributed by atoms with E-state index >= 15 is 0 Å². The van der Waals surface area contributed by atoms with Crippen LogP contribution < -0.4 is 14.8 Å². The number of nitrogens with zero attached hydrogens (tertiary/aromatic N) is 2. The van der Waals surface area contributed by atoms with Gasteiger partial charge in [0, 0.05) is 23.4 Å². The molecule has 0 aliphatic heterocycles. The number of rotatable bonds is 9. The molecule has 150 valence electrons. The first-order chi connectivity index (χ1) is 14.1. The second kappa shape index (κ2) is 9.65. The number of methoxy groups -OCH3 is 1. The van der Waals surface area contributed by atoms with Crippen molar-refractivity contribution >= 4 is 28.1 Å². The number of para-hydroxylation sites is 2. The third-order valence-electron chi connectivity index (χ3n) is 4.00. The molecular weight excluding hydrogens is 394 g/mol. The molecule has 0 aliphatic carbocycles. The van der Waals surface area contributed by atoms with Gasteiger partial charge >= 0.3 is 5.69 Å². The lowest BCUT2D eigenvalue weighted by atomic mass is 10.2. The van der Waals surface area contributed by atoms with Gasteiger partial charge in [-0.25, -0.2) is 4.98 Å². The Morgan fingerprint density at radius 1 is 1.21 bits per heavy atom. The first kappa shape index (κ1) is 20.3. The SMILES string of the molecule is COc1ccc(-c2csc(NC(=O)CCCOc3ccccc3[N+](=O)[O-])n2)cc1. The average Bonchev–Trinajstić information content (AvgIpc) is 3.20. The molecule has 2 aromatic carbocycles.